The van der Waals surface area contributed by atoms with Crippen LogP contribution in [-0.2, 0) is 0 Å². The maximum absolute atomic E-state index is 12.4. The third kappa shape index (κ3) is 1.95. The van der Waals surface area contributed by atoms with Crippen LogP contribution in [0.2, 0.25) is 0 Å². The van der Waals surface area contributed by atoms with Crippen LogP contribution in [0.1, 0.15) is 10.4 Å². The molecule has 0 bridgehead atoms. The predicted molar refractivity (Wildman–Crippen MR) is 73.3 cm³/mol. The summed E-state index contributed by atoms with van der Waals surface area (Å²) in [5, 5.41) is 0.555. The van der Waals surface area contributed by atoms with E-state index in [-0.39, 0.29) is 5.43 Å². The van der Waals surface area contributed by atoms with E-state index in [0.29, 0.717) is 22.1 Å². The molecule has 0 amide bonds. The van der Waals surface area contributed by atoms with Crippen LogP contribution in [0.3, 0.4) is 0 Å². The first kappa shape index (κ1) is 11.4. The Labute approximate surface area is 109 Å². The fourth-order valence-corrected chi connectivity index (χ4v) is 2.02. The van der Waals surface area contributed by atoms with Crippen molar-refractivity contribution in [2.24, 2.45) is 0 Å². The van der Waals surface area contributed by atoms with Gasteiger partial charge < -0.3 is 4.42 Å². The molecule has 0 aliphatic carbocycles. The van der Waals surface area contributed by atoms with Gasteiger partial charge in [0.25, 0.3) is 0 Å². The highest BCUT2D eigenvalue weighted by atomic mass is 16.3. The molecule has 0 radical (unpaired) electrons. The molecule has 0 saturated carbocycles. The third-order valence-electron chi connectivity index (χ3n) is 3.04. The second-order valence-electron chi connectivity index (χ2n) is 4.21. The first-order valence-electron chi connectivity index (χ1n) is 5.86. The number of hydrogen-bond donors (Lipinski definition) is 0. The molecule has 92 valence electrons. The summed E-state index contributed by atoms with van der Waals surface area (Å²) in [6.45, 7) is 0. The van der Waals surface area contributed by atoms with E-state index >= 15 is 0 Å². The third-order valence-corrected chi connectivity index (χ3v) is 3.04. The Hall–Kier alpha value is -2.68. The minimum absolute atomic E-state index is 0.0688. The first-order chi connectivity index (χ1) is 9.29. The molecular weight excluding hydrogens is 240 g/mol. The summed E-state index contributed by atoms with van der Waals surface area (Å²) in [7, 11) is 0. The van der Waals surface area contributed by atoms with Gasteiger partial charge in [0.2, 0.25) is 0 Å². The van der Waals surface area contributed by atoms with Crippen LogP contribution in [0.5, 0.6) is 0 Å². The fraction of sp³-hybridized carbons (Fsp3) is 0. The number of carbonyl (C=O) groups excluding carboxylic acids is 1. The van der Waals surface area contributed by atoms with E-state index in [4.69, 9.17) is 4.42 Å². The quantitative estimate of drug-likeness (QED) is 0.656. The van der Waals surface area contributed by atoms with Crippen molar-refractivity contribution in [1.29, 1.82) is 0 Å². The SMILES string of the molecule is O=Cc1ccc(-c2coc3ccccc3c2=O)cc1. The van der Waals surface area contributed by atoms with Gasteiger partial charge in [-0.15, -0.1) is 0 Å². The molecule has 3 rings (SSSR count). The summed E-state index contributed by atoms with van der Waals surface area (Å²) in [5.41, 5.74) is 2.32. The highest BCUT2D eigenvalue weighted by Crippen LogP contribution is 2.19. The van der Waals surface area contributed by atoms with Crippen LogP contribution in [0.4, 0.5) is 0 Å². The lowest BCUT2D eigenvalue weighted by molar-refractivity contribution is 0.112. The first-order valence-corrected chi connectivity index (χ1v) is 5.86. The van der Waals surface area contributed by atoms with Gasteiger partial charge in [0.05, 0.1) is 10.9 Å². The standard InChI is InChI=1S/C16H10O3/c17-9-11-5-7-12(8-6-11)14-10-19-15-4-2-1-3-13(15)16(14)18/h1-10H. The second kappa shape index (κ2) is 4.53. The minimum Gasteiger partial charge on any atom is -0.463 e. The lowest BCUT2D eigenvalue weighted by Gasteiger charge is -2.02. The number of fused-ring (bicyclic) bond motifs is 1. The van der Waals surface area contributed by atoms with Crippen molar-refractivity contribution in [2.45, 2.75) is 0 Å². The average Bonchev–Trinajstić information content (AvgIpc) is 2.48. The molecule has 0 unspecified atom stereocenters. The summed E-state index contributed by atoms with van der Waals surface area (Å²) >= 11 is 0. The predicted octanol–water partition coefficient (Wildman–Crippen LogP) is 3.27. The van der Waals surface area contributed by atoms with E-state index in [1.165, 1.54) is 6.26 Å². The van der Waals surface area contributed by atoms with Crippen molar-refractivity contribution >= 4 is 17.3 Å². The van der Waals surface area contributed by atoms with E-state index < -0.39 is 0 Å². The molecule has 3 aromatic rings. The highest BCUT2D eigenvalue weighted by molar-refractivity contribution is 5.82. The minimum atomic E-state index is -0.0688. The smallest absolute Gasteiger partial charge is 0.200 e. The van der Waals surface area contributed by atoms with E-state index in [1.807, 2.05) is 6.07 Å². The van der Waals surface area contributed by atoms with Gasteiger partial charge in [0.15, 0.2) is 5.43 Å². The Morgan fingerprint density at radius 2 is 1.68 bits per heavy atom. The Bertz CT molecular complexity index is 798. The molecule has 0 aliphatic heterocycles. The van der Waals surface area contributed by atoms with E-state index in [1.54, 1.807) is 42.5 Å². The Kier molecular flexibility index (Phi) is 2.72. The van der Waals surface area contributed by atoms with Crippen molar-refractivity contribution < 1.29 is 9.21 Å². The molecule has 3 heteroatoms. The van der Waals surface area contributed by atoms with Crippen molar-refractivity contribution in [3.05, 3.63) is 70.6 Å². The number of carbonyl (C=O) groups is 1. The monoisotopic (exact) mass is 250 g/mol. The van der Waals surface area contributed by atoms with Crippen molar-refractivity contribution in [2.75, 3.05) is 0 Å². The molecule has 1 aromatic heterocycles. The van der Waals surface area contributed by atoms with Crippen LogP contribution in [0.25, 0.3) is 22.1 Å². The van der Waals surface area contributed by atoms with Gasteiger partial charge in [-0.2, -0.15) is 0 Å². The number of aldehydes is 1. The molecule has 0 spiro atoms. The van der Waals surface area contributed by atoms with Gasteiger partial charge in [-0.05, 0) is 17.7 Å². The number of hydrogen-bond acceptors (Lipinski definition) is 3. The van der Waals surface area contributed by atoms with E-state index in [9.17, 15) is 9.59 Å². The lowest BCUT2D eigenvalue weighted by Crippen LogP contribution is -2.04. The Morgan fingerprint density at radius 3 is 2.42 bits per heavy atom. The molecule has 3 nitrogen and oxygen atoms in total. The summed E-state index contributed by atoms with van der Waals surface area (Å²) in [6.07, 6.45) is 2.23. The van der Waals surface area contributed by atoms with Gasteiger partial charge in [0, 0.05) is 5.56 Å². The molecule has 1 heterocycles. The molecule has 0 N–H and O–H groups in total. The molecule has 0 saturated heterocycles. The van der Waals surface area contributed by atoms with Gasteiger partial charge in [-0.1, -0.05) is 36.4 Å². The van der Waals surface area contributed by atoms with E-state index in [2.05, 4.69) is 0 Å². The second-order valence-corrected chi connectivity index (χ2v) is 4.21. The number of rotatable bonds is 2. The van der Waals surface area contributed by atoms with Crippen molar-refractivity contribution in [3.63, 3.8) is 0 Å². The van der Waals surface area contributed by atoms with Crippen molar-refractivity contribution in [1.82, 2.24) is 0 Å². The molecular formula is C16H10O3. The normalized spacial score (nSPS) is 10.5. The maximum atomic E-state index is 12.4. The van der Waals surface area contributed by atoms with Gasteiger partial charge in [0.1, 0.15) is 18.1 Å². The van der Waals surface area contributed by atoms with Gasteiger partial charge >= 0.3 is 0 Å². The zero-order chi connectivity index (χ0) is 13.2. The zero-order valence-electron chi connectivity index (χ0n) is 10.00. The van der Waals surface area contributed by atoms with Crippen LogP contribution >= 0.6 is 0 Å². The zero-order valence-corrected chi connectivity index (χ0v) is 10.00. The summed E-state index contributed by atoms with van der Waals surface area (Å²) in [4.78, 5) is 23.0. The largest absolute Gasteiger partial charge is 0.463 e. The average molecular weight is 250 g/mol. The number of para-hydroxylation sites is 1. The highest BCUT2D eigenvalue weighted by Gasteiger charge is 2.08. The topological polar surface area (TPSA) is 47.3 Å². The molecule has 2 aromatic carbocycles. The molecule has 0 aliphatic rings. The van der Waals surface area contributed by atoms with E-state index in [0.717, 1.165) is 11.8 Å². The summed E-state index contributed by atoms with van der Waals surface area (Å²) in [6, 6.07) is 14.0. The van der Waals surface area contributed by atoms with Crippen LogP contribution < -0.4 is 5.43 Å². The lowest BCUT2D eigenvalue weighted by atomic mass is 10.0. The molecule has 0 fully saturated rings. The Balaban J connectivity index is 2.22. The number of benzene rings is 2. The van der Waals surface area contributed by atoms with Gasteiger partial charge in [-0.3, -0.25) is 9.59 Å². The molecule has 0 atom stereocenters. The molecule has 19 heavy (non-hydrogen) atoms. The van der Waals surface area contributed by atoms with Gasteiger partial charge in [-0.25, -0.2) is 0 Å². The fourth-order valence-electron chi connectivity index (χ4n) is 2.02. The van der Waals surface area contributed by atoms with Crippen molar-refractivity contribution in [3.8, 4) is 11.1 Å². The summed E-state index contributed by atoms with van der Waals surface area (Å²) in [5.74, 6) is 0. The van der Waals surface area contributed by atoms with Crippen LogP contribution in [0, 0.1) is 0 Å². The Morgan fingerprint density at radius 1 is 0.947 bits per heavy atom. The summed E-state index contributed by atoms with van der Waals surface area (Å²) < 4.78 is 5.47. The van der Waals surface area contributed by atoms with Crippen LogP contribution in [-0.4, -0.2) is 6.29 Å². The van der Waals surface area contributed by atoms with Crippen LogP contribution in [0.15, 0.2) is 64.0 Å². The maximum Gasteiger partial charge on any atom is 0.200 e.